The summed E-state index contributed by atoms with van der Waals surface area (Å²) in [6.07, 6.45) is 2.55. The Hall–Kier alpha value is -4.55. The fourth-order valence-electron chi connectivity index (χ4n) is 7.28. The Bertz CT molecular complexity index is 1740. The number of hydrogen-bond acceptors (Lipinski definition) is 4. The lowest BCUT2D eigenvalue weighted by atomic mass is 9.47. The van der Waals surface area contributed by atoms with Gasteiger partial charge in [-0.15, -0.1) is 0 Å². The molecule has 0 aromatic heterocycles. The average molecular weight is 574 g/mol. The van der Waals surface area contributed by atoms with Gasteiger partial charge < -0.3 is 0 Å². The Morgan fingerprint density at radius 3 is 2.24 bits per heavy atom. The lowest BCUT2D eigenvalue weighted by Crippen LogP contribution is -2.54. The molecule has 0 saturated carbocycles. The summed E-state index contributed by atoms with van der Waals surface area (Å²) in [4.78, 5) is 43.0. The fraction of sp³-hybridized carbons (Fsp3) is 0.200. The molecule has 0 unspecified atom stereocenters. The smallest absolute Gasteiger partial charge is 0.240 e. The van der Waals surface area contributed by atoms with E-state index in [0.717, 1.165) is 33.4 Å². The van der Waals surface area contributed by atoms with Gasteiger partial charge in [-0.3, -0.25) is 14.4 Å². The van der Waals surface area contributed by atoms with Crippen molar-refractivity contribution in [2.24, 2.45) is 16.9 Å². The summed E-state index contributed by atoms with van der Waals surface area (Å²) in [7, 11) is 0. The molecule has 6 nitrogen and oxygen atoms in total. The van der Waals surface area contributed by atoms with Gasteiger partial charge in [-0.2, -0.15) is 5.10 Å². The number of aryl methyl sites for hydroxylation is 2. The van der Waals surface area contributed by atoms with Crippen molar-refractivity contribution in [1.82, 2.24) is 5.43 Å². The van der Waals surface area contributed by atoms with Crippen molar-refractivity contribution in [1.29, 1.82) is 0 Å². The number of benzene rings is 4. The van der Waals surface area contributed by atoms with E-state index in [1.807, 2.05) is 91.9 Å². The second kappa shape index (κ2) is 10.1. The van der Waals surface area contributed by atoms with Gasteiger partial charge in [0.15, 0.2) is 0 Å². The van der Waals surface area contributed by atoms with Crippen LogP contribution in [-0.2, 0) is 26.2 Å². The average Bonchev–Trinajstić information content (AvgIpc) is 3.28. The molecule has 208 valence electrons. The molecule has 4 aliphatic rings. The molecule has 3 aliphatic carbocycles. The first kappa shape index (κ1) is 26.4. The minimum Gasteiger partial charge on any atom is -0.274 e. The van der Waals surface area contributed by atoms with E-state index in [9.17, 15) is 14.4 Å². The van der Waals surface area contributed by atoms with Gasteiger partial charge in [-0.1, -0.05) is 96.5 Å². The quantitative estimate of drug-likeness (QED) is 0.176. The van der Waals surface area contributed by atoms with E-state index < -0.39 is 17.3 Å². The van der Waals surface area contributed by atoms with Gasteiger partial charge in [0.2, 0.25) is 17.7 Å². The molecule has 2 atom stereocenters. The predicted molar refractivity (Wildman–Crippen MR) is 163 cm³/mol. The molecular weight excluding hydrogens is 546 g/mol. The molecule has 4 aromatic carbocycles. The molecule has 1 N–H and O–H groups in total. The van der Waals surface area contributed by atoms with E-state index in [4.69, 9.17) is 11.6 Å². The summed E-state index contributed by atoms with van der Waals surface area (Å²) in [6.45, 7) is 1.87. The third-order valence-electron chi connectivity index (χ3n) is 9.04. The molecule has 1 fully saturated rings. The Labute approximate surface area is 249 Å². The van der Waals surface area contributed by atoms with Crippen LogP contribution in [0.2, 0.25) is 5.02 Å². The number of amides is 3. The normalized spacial score (nSPS) is 23.6. The largest absolute Gasteiger partial charge is 0.274 e. The first-order chi connectivity index (χ1) is 20.4. The third-order valence-corrected chi connectivity index (χ3v) is 9.27. The number of anilines is 1. The molecule has 4 aromatic rings. The van der Waals surface area contributed by atoms with E-state index >= 15 is 0 Å². The van der Waals surface area contributed by atoms with E-state index in [-0.39, 0.29) is 30.1 Å². The number of hydrazone groups is 1. The molecule has 7 heteroatoms. The van der Waals surface area contributed by atoms with Gasteiger partial charge >= 0.3 is 0 Å². The highest BCUT2D eigenvalue weighted by Crippen LogP contribution is 2.63. The van der Waals surface area contributed by atoms with Crippen LogP contribution in [0.3, 0.4) is 0 Å². The molecule has 2 bridgehead atoms. The first-order valence-electron chi connectivity index (χ1n) is 14.1. The topological polar surface area (TPSA) is 78.8 Å². The Morgan fingerprint density at radius 2 is 1.55 bits per heavy atom. The lowest BCUT2D eigenvalue weighted by molar-refractivity contribution is -0.123. The minimum absolute atomic E-state index is 0.223. The highest BCUT2D eigenvalue weighted by Gasteiger charge is 2.68. The molecule has 0 radical (unpaired) electrons. The highest BCUT2D eigenvalue weighted by molar-refractivity contribution is 6.31. The van der Waals surface area contributed by atoms with Crippen molar-refractivity contribution >= 4 is 41.2 Å². The molecule has 1 aliphatic heterocycles. The van der Waals surface area contributed by atoms with Crippen LogP contribution >= 0.6 is 11.6 Å². The van der Waals surface area contributed by atoms with Crippen LogP contribution in [0.15, 0.2) is 102 Å². The summed E-state index contributed by atoms with van der Waals surface area (Å²) >= 11 is 6.34. The van der Waals surface area contributed by atoms with Crippen molar-refractivity contribution < 1.29 is 14.4 Å². The van der Waals surface area contributed by atoms with Crippen LogP contribution < -0.4 is 10.3 Å². The number of halogens is 1. The molecule has 8 rings (SSSR count). The Kier molecular flexibility index (Phi) is 6.32. The highest BCUT2D eigenvalue weighted by atomic mass is 35.5. The number of rotatable bonds is 6. The van der Waals surface area contributed by atoms with Gasteiger partial charge in [0.05, 0.1) is 22.9 Å². The van der Waals surface area contributed by atoms with Crippen LogP contribution in [0, 0.1) is 18.8 Å². The maximum absolute atomic E-state index is 14.5. The number of imide groups is 1. The predicted octanol–water partition coefficient (Wildman–Crippen LogP) is 5.93. The van der Waals surface area contributed by atoms with Gasteiger partial charge in [0, 0.05) is 23.6 Å². The van der Waals surface area contributed by atoms with Crippen molar-refractivity contribution in [3.8, 4) is 0 Å². The summed E-state index contributed by atoms with van der Waals surface area (Å²) in [5.74, 6) is -2.39. The Morgan fingerprint density at radius 1 is 0.905 bits per heavy atom. The van der Waals surface area contributed by atoms with E-state index in [1.54, 1.807) is 18.3 Å². The lowest BCUT2D eigenvalue weighted by Gasteiger charge is -2.52. The zero-order chi connectivity index (χ0) is 29.0. The van der Waals surface area contributed by atoms with Gasteiger partial charge in [-0.25, -0.2) is 10.3 Å². The molecule has 3 amide bonds. The summed E-state index contributed by atoms with van der Waals surface area (Å²) in [5.41, 5.74) is 7.89. The van der Waals surface area contributed by atoms with Gasteiger partial charge in [0.25, 0.3) is 0 Å². The maximum atomic E-state index is 14.5. The summed E-state index contributed by atoms with van der Waals surface area (Å²) < 4.78 is 0. The maximum Gasteiger partial charge on any atom is 0.240 e. The van der Waals surface area contributed by atoms with Crippen LogP contribution in [0.5, 0.6) is 0 Å². The zero-order valence-corrected chi connectivity index (χ0v) is 23.7. The molecular formula is C35H28ClN3O3. The monoisotopic (exact) mass is 573 g/mol. The summed E-state index contributed by atoms with van der Waals surface area (Å²) in [6, 6.07) is 31.0. The third kappa shape index (κ3) is 3.86. The molecule has 42 heavy (non-hydrogen) atoms. The molecule has 1 saturated heterocycles. The van der Waals surface area contributed by atoms with Crippen molar-refractivity contribution in [3.05, 3.63) is 135 Å². The van der Waals surface area contributed by atoms with Crippen LogP contribution in [0.4, 0.5) is 5.69 Å². The second-order valence-corrected chi connectivity index (χ2v) is 11.7. The number of hydrogen-bond donors (Lipinski definition) is 1. The van der Waals surface area contributed by atoms with Crippen LogP contribution in [0.1, 0.15) is 45.7 Å². The standard InChI is InChI=1S/C35H28ClN3O3/c1-21-15-17-23(36)19-28(21)39-33(41)31-30-24-11-5-7-13-26(24)35(32(31)34(39)42,27-14-8-6-12-25(27)30)20-37-38-29(40)18-16-22-9-3-2-4-10-22/h2-15,17,19-20,30-32H,16,18H2,1H3,(H,38,40)/b37-20-/t30?,31-,32+,35?/m0/s1. The van der Waals surface area contributed by atoms with Gasteiger partial charge in [-0.05, 0) is 58.9 Å². The Balaban J connectivity index is 1.33. The van der Waals surface area contributed by atoms with E-state index in [0.29, 0.717) is 17.1 Å². The first-order valence-corrected chi connectivity index (χ1v) is 14.5. The van der Waals surface area contributed by atoms with Crippen molar-refractivity contribution in [3.63, 3.8) is 0 Å². The van der Waals surface area contributed by atoms with Crippen LogP contribution in [-0.4, -0.2) is 23.9 Å². The second-order valence-electron chi connectivity index (χ2n) is 11.2. The van der Waals surface area contributed by atoms with E-state index in [1.165, 1.54) is 4.90 Å². The fourth-order valence-corrected chi connectivity index (χ4v) is 7.44. The van der Waals surface area contributed by atoms with Crippen molar-refractivity contribution in [2.45, 2.75) is 31.1 Å². The number of carbonyl (C=O) groups is 3. The minimum atomic E-state index is -1.05. The van der Waals surface area contributed by atoms with Crippen LogP contribution in [0.25, 0.3) is 0 Å². The number of carbonyl (C=O) groups excluding carboxylic acids is 3. The number of nitrogens with one attached hydrogen (secondary N) is 1. The van der Waals surface area contributed by atoms with Crippen molar-refractivity contribution in [2.75, 3.05) is 4.90 Å². The zero-order valence-electron chi connectivity index (χ0n) is 23.0. The van der Waals surface area contributed by atoms with E-state index in [2.05, 4.69) is 10.5 Å². The molecule has 1 heterocycles. The number of nitrogens with zero attached hydrogens (tertiary/aromatic N) is 2. The summed E-state index contributed by atoms with van der Waals surface area (Å²) in [5, 5.41) is 4.95. The SMILES string of the molecule is Cc1ccc(Cl)cc1N1C(=O)[C@H]2C3c4ccccc4C(/C=N\NC(=O)CCc4ccccc4)(c4ccccc43)[C@H]2C1=O. The molecule has 0 spiro atoms. The van der Waals surface area contributed by atoms with Gasteiger partial charge in [0.1, 0.15) is 0 Å².